The summed E-state index contributed by atoms with van der Waals surface area (Å²) in [7, 11) is 0. The lowest BCUT2D eigenvalue weighted by Gasteiger charge is -2.18. The topological polar surface area (TPSA) is 63.3 Å². The van der Waals surface area contributed by atoms with Crippen molar-refractivity contribution in [2.45, 2.75) is 19.4 Å². The fourth-order valence-electron chi connectivity index (χ4n) is 1.09. The lowest BCUT2D eigenvalue weighted by Crippen LogP contribution is -2.18. The van der Waals surface area contributed by atoms with E-state index >= 15 is 0 Å². The van der Waals surface area contributed by atoms with Crippen LogP contribution in [0, 0.1) is 5.82 Å². The van der Waals surface area contributed by atoms with Gasteiger partial charge in [0.05, 0.1) is 5.60 Å². The van der Waals surface area contributed by atoms with E-state index in [1.165, 1.54) is 26.0 Å². The Morgan fingerprint density at radius 3 is 2.43 bits per heavy atom. The third-order valence-electron chi connectivity index (χ3n) is 1.89. The third kappa shape index (κ3) is 2.29. The first-order valence-electron chi connectivity index (χ1n) is 4.14. The average Bonchev–Trinajstić information content (AvgIpc) is 2.01. The normalized spacial score (nSPS) is 11.4. The highest BCUT2D eigenvalue weighted by Crippen LogP contribution is 2.21. The number of nitrogens with two attached hydrogens (primary N) is 1. The summed E-state index contributed by atoms with van der Waals surface area (Å²) in [6.07, 6.45) is 0. The van der Waals surface area contributed by atoms with Crippen molar-refractivity contribution in [1.82, 2.24) is 0 Å². The quantitative estimate of drug-likeness (QED) is 0.747. The van der Waals surface area contributed by atoms with Gasteiger partial charge in [0.2, 0.25) is 5.91 Å². The van der Waals surface area contributed by atoms with Crippen LogP contribution >= 0.6 is 0 Å². The molecular formula is C10H12FNO2. The minimum atomic E-state index is -1.19. The zero-order chi connectivity index (χ0) is 10.9. The summed E-state index contributed by atoms with van der Waals surface area (Å²) in [4.78, 5) is 10.8. The molecule has 0 fully saturated rings. The van der Waals surface area contributed by atoms with Crippen LogP contribution in [0.25, 0.3) is 0 Å². The predicted octanol–water partition coefficient (Wildman–Crippen LogP) is 1.15. The summed E-state index contributed by atoms with van der Waals surface area (Å²) in [5, 5.41) is 9.60. The van der Waals surface area contributed by atoms with Crippen molar-refractivity contribution in [2.24, 2.45) is 5.73 Å². The molecule has 1 amide bonds. The van der Waals surface area contributed by atoms with Crippen LogP contribution in [0.3, 0.4) is 0 Å². The molecule has 1 aromatic carbocycles. The van der Waals surface area contributed by atoms with Gasteiger partial charge in [0.25, 0.3) is 0 Å². The van der Waals surface area contributed by atoms with Gasteiger partial charge in [-0.2, -0.15) is 0 Å². The van der Waals surface area contributed by atoms with Crippen molar-refractivity contribution in [3.05, 3.63) is 35.1 Å². The minimum Gasteiger partial charge on any atom is -0.386 e. The fourth-order valence-corrected chi connectivity index (χ4v) is 1.09. The van der Waals surface area contributed by atoms with Crippen LogP contribution in [-0.4, -0.2) is 11.0 Å². The summed E-state index contributed by atoms with van der Waals surface area (Å²) in [6.45, 7) is 3.01. The first kappa shape index (κ1) is 10.7. The first-order valence-corrected chi connectivity index (χ1v) is 4.14. The highest BCUT2D eigenvalue weighted by atomic mass is 19.1. The maximum atomic E-state index is 13.0. The number of carbonyl (C=O) groups excluding carboxylic acids is 1. The van der Waals surface area contributed by atoms with E-state index in [-0.39, 0.29) is 5.56 Å². The highest BCUT2D eigenvalue weighted by Gasteiger charge is 2.18. The van der Waals surface area contributed by atoms with Crippen LogP contribution in [-0.2, 0) is 5.60 Å². The van der Waals surface area contributed by atoms with Gasteiger partial charge in [0, 0.05) is 5.56 Å². The van der Waals surface area contributed by atoms with Crippen molar-refractivity contribution >= 4 is 5.91 Å². The number of rotatable bonds is 2. The van der Waals surface area contributed by atoms with E-state index in [1.54, 1.807) is 0 Å². The summed E-state index contributed by atoms with van der Waals surface area (Å²) in [6, 6.07) is 3.59. The van der Waals surface area contributed by atoms with E-state index in [2.05, 4.69) is 0 Å². The average molecular weight is 197 g/mol. The highest BCUT2D eigenvalue weighted by molar-refractivity contribution is 5.93. The van der Waals surface area contributed by atoms with E-state index in [4.69, 9.17) is 5.73 Å². The van der Waals surface area contributed by atoms with Gasteiger partial charge in [0.1, 0.15) is 5.82 Å². The van der Waals surface area contributed by atoms with Crippen LogP contribution in [0.5, 0.6) is 0 Å². The molecule has 4 heteroatoms. The maximum Gasteiger partial charge on any atom is 0.248 e. The van der Waals surface area contributed by atoms with Crippen molar-refractivity contribution in [2.75, 3.05) is 0 Å². The monoisotopic (exact) mass is 197 g/mol. The number of amides is 1. The molecule has 0 saturated heterocycles. The van der Waals surface area contributed by atoms with E-state index in [0.29, 0.717) is 5.56 Å². The van der Waals surface area contributed by atoms with Crippen molar-refractivity contribution in [3.8, 4) is 0 Å². The number of hydrogen-bond donors (Lipinski definition) is 2. The summed E-state index contributed by atoms with van der Waals surface area (Å²) < 4.78 is 13.0. The zero-order valence-electron chi connectivity index (χ0n) is 8.04. The molecule has 1 rings (SSSR count). The van der Waals surface area contributed by atoms with Crippen LogP contribution in [0.15, 0.2) is 18.2 Å². The Morgan fingerprint density at radius 2 is 2.00 bits per heavy atom. The molecule has 0 saturated carbocycles. The Balaban J connectivity index is 3.28. The summed E-state index contributed by atoms with van der Waals surface area (Å²) in [5.74, 6) is -1.30. The molecule has 0 atom stereocenters. The third-order valence-corrected chi connectivity index (χ3v) is 1.89. The lowest BCUT2D eigenvalue weighted by atomic mass is 9.96. The number of halogens is 1. The predicted molar refractivity (Wildman–Crippen MR) is 50.2 cm³/mol. The standard InChI is InChI=1S/C10H12FNO2/c1-10(2,14)7-3-6(9(12)13)4-8(11)5-7/h3-5,14H,1-2H3,(H2,12,13). The number of benzene rings is 1. The minimum absolute atomic E-state index is 0.0575. The van der Waals surface area contributed by atoms with E-state index in [9.17, 15) is 14.3 Å². The van der Waals surface area contributed by atoms with Crippen LogP contribution in [0.1, 0.15) is 29.8 Å². The van der Waals surface area contributed by atoms with Gasteiger partial charge < -0.3 is 10.8 Å². The number of primary amides is 1. The number of hydrogen-bond acceptors (Lipinski definition) is 2. The van der Waals surface area contributed by atoms with E-state index < -0.39 is 17.3 Å². The van der Waals surface area contributed by atoms with Gasteiger partial charge in [-0.05, 0) is 37.6 Å². The van der Waals surface area contributed by atoms with Gasteiger partial charge >= 0.3 is 0 Å². The summed E-state index contributed by atoms with van der Waals surface area (Å²) in [5.41, 5.74) is 4.20. The molecule has 76 valence electrons. The molecule has 0 aliphatic carbocycles. The van der Waals surface area contributed by atoms with Gasteiger partial charge in [-0.3, -0.25) is 4.79 Å². The van der Waals surface area contributed by atoms with Crippen molar-refractivity contribution < 1.29 is 14.3 Å². The molecule has 0 aliphatic heterocycles. The fraction of sp³-hybridized carbons (Fsp3) is 0.300. The largest absolute Gasteiger partial charge is 0.386 e. The first-order chi connectivity index (χ1) is 6.30. The lowest BCUT2D eigenvalue weighted by molar-refractivity contribution is 0.0781. The molecule has 0 heterocycles. The molecule has 3 N–H and O–H groups in total. The molecule has 14 heavy (non-hydrogen) atoms. The van der Waals surface area contributed by atoms with Gasteiger partial charge in [-0.25, -0.2) is 4.39 Å². The Kier molecular flexibility index (Phi) is 2.57. The molecule has 0 bridgehead atoms. The Hall–Kier alpha value is -1.42. The van der Waals surface area contributed by atoms with Gasteiger partial charge in [-0.1, -0.05) is 0 Å². The Morgan fingerprint density at radius 1 is 1.43 bits per heavy atom. The SMILES string of the molecule is CC(C)(O)c1cc(F)cc(C(N)=O)c1. The molecular weight excluding hydrogens is 185 g/mol. The second kappa shape index (κ2) is 3.38. The summed E-state index contributed by atoms with van der Waals surface area (Å²) >= 11 is 0. The molecule has 0 radical (unpaired) electrons. The molecule has 0 aromatic heterocycles. The molecule has 1 aromatic rings. The van der Waals surface area contributed by atoms with Crippen LogP contribution < -0.4 is 5.73 Å². The van der Waals surface area contributed by atoms with E-state index in [0.717, 1.165) is 6.07 Å². The van der Waals surface area contributed by atoms with Crippen molar-refractivity contribution in [3.63, 3.8) is 0 Å². The molecule has 0 unspecified atom stereocenters. The van der Waals surface area contributed by atoms with Gasteiger partial charge in [-0.15, -0.1) is 0 Å². The molecule has 3 nitrogen and oxygen atoms in total. The van der Waals surface area contributed by atoms with Crippen LogP contribution in [0.2, 0.25) is 0 Å². The number of aliphatic hydroxyl groups is 1. The van der Waals surface area contributed by atoms with Crippen molar-refractivity contribution in [1.29, 1.82) is 0 Å². The Bertz CT molecular complexity index is 369. The van der Waals surface area contributed by atoms with E-state index in [1.807, 2.05) is 0 Å². The second-order valence-electron chi connectivity index (χ2n) is 3.65. The smallest absolute Gasteiger partial charge is 0.248 e. The second-order valence-corrected chi connectivity index (χ2v) is 3.65. The molecule has 0 spiro atoms. The zero-order valence-corrected chi connectivity index (χ0v) is 8.04. The van der Waals surface area contributed by atoms with Gasteiger partial charge in [0.15, 0.2) is 0 Å². The Labute approximate surface area is 81.4 Å². The maximum absolute atomic E-state index is 13.0. The molecule has 0 aliphatic rings. The van der Waals surface area contributed by atoms with Crippen LogP contribution in [0.4, 0.5) is 4.39 Å². The number of carbonyl (C=O) groups is 1.